The number of hydrogen-bond acceptors (Lipinski definition) is 3. The average Bonchev–Trinajstić information content (AvgIpc) is 3.82. The van der Waals surface area contributed by atoms with E-state index in [2.05, 4.69) is 223 Å². The van der Waals surface area contributed by atoms with Crippen molar-refractivity contribution in [2.75, 3.05) is 4.90 Å². The first kappa shape index (κ1) is 37.2. The molecule has 1 heterocycles. The molecule has 0 unspecified atom stereocenters. The fraction of sp³-hybridized carbons (Fsp3) is 0. The number of benzene rings is 11. The summed E-state index contributed by atoms with van der Waals surface area (Å²) in [5, 5.41) is 7.59. The molecule has 0 atom stereocenters. The van der Waals surface area contributed by atoms with Gasteiger partial charge in [0.1, 0.15) is 5.52 Å². The van der Waals surface area contributed by atoms with Gasteiger partial charge in [0.25, 0.3) is 0 Å². The van der Waals surface area contributed by atoms with Crippen LogP contribution in [0, 0.1) is 0 Å². The molecule has 12 aromatic rings. The molecule has 3 nitrogen and oxygen atoms in total. The lowest BCUT2D eigenvalue weighted by Crippen LogP contribution is -2.09. The lowest BCUT2D eigenvalue weighted by atomic mass is 9.92. The van der Waals surface area contributed by atoms with Gasteiger partial charge >= 0.3 is 0 Å². The van der Waals surface area contributed by atoms with Crippen molar-refractivity contribution in [3.63, 3.8) is 0 Å². The highest BCUT2D eigenvalue weighted by atomic mass is 16.3. The van der Waals surface area contributed by atoms with Crippen molar-refractivity contribution in [2.45, 2.75) is 0 Å². The van der Waals surface area contributed by atoms with E-state index in [-0.39, 0.29) is 0 Å². The average molecular weight is 817 g/mol. The maximum Gasteiger partial charge on any atom is 0.227 e. The minimum absolute atomic E-state index is 0.611. The molecular weight excluding hydrogens is 777 g/mol. The van der Waals surface area contributed by atoms with Gasteiger partial charge in [0.15, 0.2) is 5.58 Å². The Labute approximate surface area is 371 Å². The molecule has 0 saturated carbocycles. The minimum Gasteiger partial charge on any atom is -0.436 e. The molecule has 0 bridgehead atoms. The van der Waals surface area contributed by atoms with Crippen LogP contribution in [-0.4, -0.2) is 4.98 Å². The van der Waals surface area contributed by atoms with Crippen molar-refractivity contribution in [1.29, 1.82) is 0 Å². The van der Waals surface area contributed by atoms with Crippen molar-refractivity contribution < 1.29 is 4.42 Å². The van der Waals surface area contributed by atoms with E-state index in [1.54, 1.807) is 0 Å². The normalized spacial score (nSPS) is 11.4. The first-order chi connectivity index (χ1) is 31.7. The van der Waals surface area contributed by atoms with Gasteiger partial charge in [0.2, 0.25) is 5.89 Å². The number of anilines is 3. The number of hydrogen-bond donors (Lipinski definition) is 0. The van der Waals surface area contributed by atoms with Crippen LogP contribution in [0.25, 0.3) is 99.4 Å². The van der Waals surface area contributed by atoms with E-state index in [0.29, 0.717) is 5.89 Å². The summed E-state index contributed by atoms with van der Waals surface area (Å²) in [5.41, 5.74) is 15.3. The van der Waals surface area contributed by atoms with Gasteiger partial charge in [-0.15, -0.1) is 0 Å². The molecule has 3 heteroatoms. The molecule has 11 aromatic carbocycles. The number of fused-ring (bicyclic) bond motifs is 5. The van der Waals surface area contributed by atoms with E-state index in [4.69, 9.17) is 9.40 Å². The van der Waals surface area contributed by atoms with Crippen molar-refractivity contribution in [2.24, 2.45) is 0 Å². The smallest absolute Gasteiger partial charge is 0.227 e. The van der Waals surface area contributed by atoms with Gasteiger partial charge in [0, 0.05) is 22.6 Å². The third-order valence-corrected chi connectivity index (χ3v) is 12.5. The zero-order valence-electron chi connectivity index (χ0n) is 34.9. The van der Waals surface area contributed by atoms with Gasteiger partial charge in [-0.05, 0) is 150 Å². The first-order valence-corrected chi connectivity index (χ1v) is 21.8. The maximum absolute atomic E-state index is 6.13. The Morgan fingerprint density at radius 2 is 0.734 bits per heavy atom. The van der Waals surface area contributed by atoms with E-state index in [0.717, 1.165) is 44.9 Å². The van der Waals surface area contributed by atoms with E-state index < -0.39 is 0 Å². The van der Waals surface area contributed by atoms with Crippen LogP contribution >= 0.6 is 0 Å². The van der Waals surface area contributed by atoms with Gasteiger partial charge in [-0.1, -0.05) is 170 Å². The highest BCUT2D eigenvalue weighted by molar-refractivity contribution is 6.13. The van der Waals surface area contributed by atoms with Gasteiger partial charge in [-0.2, -0.15) is 0 Å². The second kappa shape index (κ2) is 15.7. The molecule has 0 aliphatic carbocycles. The maximum atomic E-state index is 6.13. The minimum atomic E-state index is 0.611. The summed E-state index contributed by atoms with van der Waals surface area (Å²) in [7, 11) is 0. The predicted octanol–water partition coefficient (Wildman–Crippen LogP) is 17.1. The number of para-hydroxylation sites is 2. The Kier molecular flexibility index (Phi) is 9.16. The Bertz CT molecular complexity index is 3590. The summed E-state index contributed by atoms with van der Waals surface area (Å²) < 4.78 is 6.13. The van der Waals surface area contributed by atoms with Crippen molar-refractivity contribution in [3.05, 3.63) is 243 Å². The second-order valence-electron chi connectivity index (χ2n) is 16.4. The van der Waals surface area contributed by atoms with Crippen LogP contribution in [0.2, 0.25) is 0 Å². The fourth-order valence-electron chi connectivity index (χ4n) is 9.16. The van der Waals surface area contributed by atoms with Crippen LogP contribution in [0.15, 0.2) is 247 Å². The Balaban J connectivity index is 0.857. The molecule has 0 N–H and O–H groups in total. The summed E-state index contributed by atoms with van der Waals surface area (Å²) in [6.07, 6.45) is 0. The molecule has 0 fully saturated rings. The summed E-state index contributed by atoms with van der Waals surface area (Å²) in [5.74, 6) is 0.611. The number of rotatable bonds is 8. The molecule has 0 aliphatic rings. The molecule has 0 radical (unpaired) electrons. The van der Waals surface area contributed by atoms with Crippen molar-refractivity contribution in [3.8, 4) is 56.0 Å². The first-order valence-electron chi connectivity index (χ1n) is 21.8. The molecule has 0 aliphatic heterocycles. The van der Waals surface area contributed by atoms with E-state index in [9.17, 15) is 0 Å². The topological polar surface area (TPSA) is 29.3 Å². The SMILES string of the molecule is c1ccc2cc(-c3ccc(-c4ccc(N(c5ccc(-c6ccc(-c7cc8ccccc8c8ccccc78)cc6)cc5)c5ccc(-c6nc7ccccc7o6)cc5)cc4)cc3)ccc2c1. The molecule has 0 amide bonds. The van der Waals surface area contributed by atoms with Gasteiger partial charge < -0.3 is 9.32 Å². The highest BCUT2D eigenvalue weighted by Gasteiger charge is 2.16. The van der Waals surface area contributed by atoms with Gasteiger partial charge in [-0.3, -0.25) is 0 Å². The lowest BCUT2D eigenvalue weighted by molar-refractivity contribution is 0.620. The fourth-order valence-corrected chi connectivity index (χ4v) is 9.16. The van der Waals surface area contributed by atoms with Gasteiger partial charge in [-0.25, -0.2) is 4.98 Å². The standard InChI is InChI=1S/C61H40N2O/c1-2-10-49-39-50(26-23-41(49)9-1)46-19-17-42(18-20-46)44-27-33-52(34-28-44)63(54-37-31-48(32-38-54)61-62-59-15-7-8-16-60(59)64-61)53-35-29-45(30-36-53)43-21-24-47(25-22-43)58-40-51-11-3-4-12-55(51)56-13-5-6-14-57(56)58/h1-40H. The van der Waals surface area contributed by atoms with E-state index in [1.165, 1.54) is 65.7 Å². The Morgan fingerprint density at radius 1 is 0.297 bits per heavy atom. The van der Waals surface area contributed by atoms with Crippen LogP contribution in [0.5, 0.6) is 0 Å². The molecule has 12 rings (SSSR count). The zero-order chi connectivity index (χ0) is 42.4. The molecule has 300 valence electrons. The van der Waals surface area contributed by atoms with Crippen LogP contribution in [0.3, 0.4) is 0 Å². The van der Waals surface area contributed by atoms with Crippen LogP contribution < -0.4 is 4.90 Å². The molecule has 64 heavy (non-hydrogen) atoms. The lowest BCUT2D eigenvalue weighted by Gasteiger charge is -2.26. The zero-order valence-corrected chi connectivity index (χ0v) is 34.9. The Hall–Kier alpha value is -8.53. The van der Waals surface area contributed by atoms with Gasteiger partial charge in [0.05, 0.1) is 0 Å². The van der Waals surface area contributed by atoms with Crippen LogP contribution in [0.1, 0.15) is 0 Å². The van der Waals surface area contributed by atoms with Crippen molar-refractivity contribution >= 4 is 60.5 Å². The molecule has 0 spiro atoms. The third-order valence-electron chi connectivity index (χ3n) is 12.5. The molecule has 1 aromatic heterocycles. The largest absolute Gasteiger partial charge is 0.436 e. The molecule has 0 saturated heterocycles. The summed E-state index contributed by atoms with van der Waals surface area (Å²) in [6.45, 7) is 0. The van der Waals surface area contributed by atoms with Crippen LogP contribution in [0.4, 0.5) is 17.1 Å². The van der Waals surface area contributed by atoms with Crippen molar-refractivity contribution in [1.82, 2.24) is 4.98 Å². The quantitative estimate of drug-likeness (QED) is 0.143. The highest BCUT2D eigenvalue weighted by Crippen LogP contribution is 2.40. The van der Waals surface area contributed by atoms with E-state index >= 15 is 0 Å². The predicted molar refractivity (Wildman–Crippen MR) is 268 cm³/mol. The number of aromatic nitrogens is 1. The summed E-state index contributed by atoms with van der Waals surface area (Å²) in [4.78, 5) is 7.06. The van der Waals surface area contributed by atoms with E-state index in [1.807, 2.05) is 24.3 Å². The third kappa shape index (κ3) is 6.86. The second-order valence-corrected chi connectivity index (χ2v) is 16.4. The summed E-state index contributed by atoms with van der Waals surface area (Å²) in [6, 6.07) is 86.9. The Morgan fingerprint density at radius 3 is 1.34 bits per heavy atom. The summed E-state index contributed by atoms with van der Waals surface area (Å²) >= 11 is 0. The number of nitrogens with zero attached hydrogens (tertiary/aromatic N) is 2. The molecular formula is C61H40N2O. The monoisotopic (exact) mass is 816 g/mol. The van der Waals surface area contributed by atoms with Crippen LogP contribution in [-0.2, 0) is 0 Å². The number of oxazole rings is 1.